The van der Waals surface area contributed by atoms with E-state index in [1.165, 1.54) is 0 Å². The van der Waals surface area contributed by atoms with Crippen LogP contribution in [0, 0.1) is 0 Å². The van der Waals surface area contributed by atoms with Crippen molar-refractivity contribution in [3.8, 4) is 11.6 Å². The fourth-order valence-electron chi connectivity index (χ4n) is 2.16. The van der Waals surface area contributed by atoms with Gasteiger partial charge in [-0.1, -0.05) is 18.2 Å². The van der Waals surface area contributed by atoms with Gasteiger partial charge in [-0.3, -0.25) is 0 Å². The van der Waals surface area contributed by atoms with E-state index in [1.54, 1.807) is 13.2 Å². The predicted molar refractivity (Wildman–Crippen MR) is 79.2 cm³/mol. The minimum Gasteiger partial charge on any atom is -0.483 e. The van der Waals surface area contributed by atoms with E-state index in [4.69, 9.17) is 19.6 Å². The van der Waals surface area contributed by atoms with Crippen molar-refractivity contribution in [2.24, 2.45) is 5.73 Å². The predicted octanol–water partition coefficient (Wildman–Crippen LogP) is 2.87. The third-order valence-corrected chi connectivity index (χ3v) is 3.16. The van der Waals surface area contributed by atoms with E-state index in [1.807, 2.05) is 36.4 Å². The molecule has 2 N–H and O–H groups in total. The van der Waals surface area contributed by atoms with Gasteiger partial charge in [-0.2, -0.15) is 0 Å². The maximum Gasteiger partial charge on any atom is 0.213 e. The molecule has 0 atom stereocenters. The van der Waals surface area contributed by atoms with Crippen LogP contribution in [0.2, 0.25) is 0 Å². The summed E-state index contributed by atoms with van der Waals surface area (Å²) in [5.74, 6) is 1.88. The summed E-state index contributed by atoms with van der Waals surface area (Å²) in [5.41, 5.74) is 7.27. The van der Waals surface area contributed by atoms with Crippen LogP contribution >= 0.6 is 0 Å². The Morgan fingerprint density at radius 1 is 1.14 bits per heavy atom. The molecule has 21 heavy (non-hydrogen) atoms. The van der Waals surface area contributed by atoms with Crippen LogP contribution in [0.15, 0.2) is 46.9 Å². The zero-order chi connectivity index (χ0) is 14.7. The van der Waals surface area contributed by atoms with Gasteiger partial charge in [0, 0.05) is 6.07 Å². The molecule has 0 saturated carbocycles. The van der Waals surface area contributed by atoms with Gasteiger partial charge in [0.15, 0.2) is 11.5 Å². The van der Waals surface area contributed by atoms with Crippen molar-refractivity contribution in [1.29, 1.82) is 0 Å². The van der Waals surface area contributed by atoms with Crippen molar-refractivity contribution in [3.05, 3.63) is 53.9 Å². The van der Waals surface area contributed by atoms with Gasteiger partial charge in [0.25, 0.3) is 0 Å². The number of furan rings is 1. The Bertz CT molecular complexity index is 752. The van der Waals surface area contributed by atoms with Crippen LogP contribution in [0.1, 0.15) is 11.5 Å². The summed E-state index contributed by atoms with van der Waals surface area (Å²) < 4.78 is 16.7. The minimum absolute atomic E-state index is 0.287. The normalized spacial score (nSPS) is 10.8. The number of hydrogen-bond donors (Lipinski definition) is 1. The first kappa shape index (κ1) is 13.5. The molecule has 108 valence electrons. The summed E-state index contributed by atoms with van der Waals surface area (Å²) >= 11 is 0. The monoisotopic (exact) mass is 284 g/mol. The molecular formula is C16H16N2O3. The van der Waals surface area contributed by atoms with E-state index in [-0.39, 0.29) is 6.54 Å². The number of benzene rings is 1. The maximum atomic E-state index is 5.88. The van der Waals surface area contributed by atoms with Gasteiger partial charge < -0.3 is 19.6 Å². The van der Waals surface area contributed by atoms with Crippen LogP contribution in [0.3, 0.4) is 0 Å². The summed E-state index contributed by atoms with van der Waals surface area (Å²) in [4.78, 5) is 4.32. The van der Waals surface area contributed by atoms with Crippen molar-refractivity contribution in [2.75, 3.05) is 7.11 Å². The zero-order valence-corrected chi connectivity index (χ0v) is 11.7. The highest BCUT2D eigenvalue weighted by Crippen LogP contribution is 2.33. The van der Waals surface area contributed by atoms with Crippen molar-refractivity contribution >= 4 is 11.0 Å². The highest BCUT2D eigenvalue weighted by molar-refractivity contribution is 5.85. The lowest BCUT2D eigenvalue weighted by Gasteiger charge is -2.07. The molecule has 5 heteroatoms. The second kappa shape index (κ2) is 5.85. The Morgan fingerprint density at radius 2 is 2.00 bits per heavy atom. The lowest BCUT2D eigenvalue weighted by atomic mass is 10.2. The molecule has 0 aliphatic heterocycles. The molecule has 0 fully saturated rings. The number of nitrogens with zero attached hydrogens (tertiary/aromatic N) is 1. The molecule has 3 rings (SSSR count). The van der Waals surface area contributed by atoms with Crippen molar-refractivity contribution in [3.63, 3.8) is 0 Å². The number of ether oxygens (including phenoxy) is 2. The maximum absolute atomic E-state index is 5.88. The van der Waals surface area contributed by atoms with Gasteiger partial charge in [-0.15, -0.1) is 0 Å². The van der Waals surface area contributed by atoms with Crippen LogP contribution in [-0.4, -0.2) is 12.1 Å². The largest absolute Gasteiger partial charge is 0.483 e. The number of fused-ring (bicyclic) bond motifs is 1. The minimum atomic E-state index is 0.287. The summed E-state index contributed by atoms with van der Waals surface area (Å²) in [7, 11) is 1.59. The van der Waals surface area contributed by atoms with Crippen molar-refractivity contribution in [2.45, 2.75) is 13.2 Å². The quantitative estimate of drug-likeness (QED) is 0.780. The average Bonchev–Trinajstić information content (AvgIpc) is 2.91. The number of rotatable bonds is 5. The Hall–Kier alpha value is -2.53. The van der Waals surface area contributed by atoms with Gasteiger partial charge in [-0.25, -0.2) is 4.98 Å². The number of nitrogens with two attached hydrogens (primary N) is 1. The third kappa shape index (κ3) is 2.68. The summed E-state index contributed by atoms with van der Waals surface area (Å²) in [6, 6.07) is 13.3. The molecule has 3 aromatic rings. The lowest BCUT2D eigenvalue weighted by molar-refractivity contribution is 0.291. The standard InChI is InChI=1S/C16H16N2O3/c1-19-15-8-4-5-11(18-15)10-20-16-12-6-2-3-7-13(12)21-14(16)9-17/h2-8H,9-10,17H2,1H3. The molecule has 1 aromatic carbocycles. The fraction of sp³-hybridized carbons (Fsp3) is 0.188. The molecule has 0 spiro atoms. The van der Waals surface area contributed by atoms with Crippen LogP contribution in [0.25, 0.3) is 11.0 Å². The molecule has 0 aliphatic rings. The average molecular weight is 284 g/mol. The molecule has 2 heterocycles. The Morgan fingerprint density at radius 3 is 2.81 bits per heavy atom. The van der Waals surface area contributed by atoms with Crippen LogP contribution in [0.4, 0.5) is 0 Å². The molecule has 0 saturated heterocycles. The number of methoxy groups -OCH3 is 1. The smallest absolute Gasteiger partial charge is 0.213 e. The Kier molecular flexibility index (Phi) is 3.75. The van der Waals surface area contributed by atoms with E-state index in [0.717, 1.165) is 16.7 Å². The van der Waals surface area contributed by atoms with Crippen molar-refractivity contribution in [1.82, 2.24) is 4.98 Å². The molecule has 0 radical (unpaired) electrons. The Labute approximate surface area is 122 Å². The summed E-state index contributed by atoms with van der Waals surface area (Å²) in [5, 5.41) is 0.917. The van der Waals surface area contributed by atoms with E-state index in [0.29, 0.717) is 24.0 Å². The first-order valence-corrected chi connectivity index (χ1v) is 6.65. The second-order valence-electron chi connectivity index (χ2n) is 4.51. The van der Waals surface area contributed by atoms with Gasteiger partial charge in [0.05, 0.1) is 24.7 Å². The topological polar surface area (TPSA) is 70.5 Å². The van der Waals surface area contributed by atoms with E-state index >= 15 is 0 Å². The van der Waals surface area contributed by atoms with Gasteiger partial charge in [0.1, 0.15) is 12.2 Å². The summed E-state index contributed by atoms with van der Waals surface area (Å²) in [6.45, 7) is 0.614. The van der Waals surface area contributed by atoms with Gasteiger partial charge in [0.2, 0.25) is 5.88 Å². The second-order valence-corrected chi connectivity index (χ2v) is 4.51. The lowest BCUT2D eigenvalue weighted by Crippen LogP contribution is -2.02. The number of aromatic nitrogens is 1. The third-order valence-electron chi connectivity index (χ3n) is 3.16. The zero-order valence-electron chi connectivity index (χ0n) is 11.7. The number of pyridine rings is 1. The fourth-order valence-corrected chi connectivity index (χ4v) is 2.16. The molecule has 0 bridgehead atoms. The van der Waals surface area contributed by atoms with Crippen LogP contribution < -0.4 is 15.2 Å². The van der Waals surface area contributed by atoms with E-state index in [9.17, 15) is 0 Å². The first-order chi connectivity index (χ1) is 10.3. The van der Waals surface area contributed by atoms with E-state index < -0.39 is 0 Å². The molecule has 0 unspecified atom stereocenters. The molecule has 0 aliphatic carbocycles. The van der Waals surface area contributed by atoms with E-state index in [2.05, 4.69) is 4.98 Å². The Balaban J connectivity index is 1.87. The highest BCUT2D eigenvalue weighted by atomic mass is 16.5. The van der Waals surface area contributed by atoms with Crippen molar-refractivity contribution < 1.29 is 13.9 Å². The molecule has 2 aromatic heterocycles. The first-order valence-electron chi connectivity index (χ1n) is 6.65. The van der Waals surface area contributed by atoms with Gasteiger partial charge in [-0.05, 0) is 18.2 Å². The number of para-hydroxylation sites is 1. The number of hydrogen-bond acceptors (Lipinski definition) is 5. The van der Waals surface area contributed by atoms with Crippen LogP contribution in [-0.2, 0) is 13.2 Å². The summed E-state index contributed by atoms with van der Waals surface area (Å²) in [6.07, 6.45) is 0. The molecule has 0 amide bonds. The highest BCUT2D eigenvalue weighted by Gasteiger charge is 2.14. The molecular weight excluding hydrogens is 268 g/mol. The van der Waals surface area contributed by atoms with Gasteiger partial charge >= 0.3 is 0 Å². The molecule has 5 nitrogen and oxygen atoms in total. The SMILES string of the molecule is COc1cccc(COc2c(CN)oc3ccccc23)n1. The van der Waals surface area contributed by atoms with Crippen LogP contribution in [0.5, 0.6) is 11.6 Å².